The van der Waals surface area contributed by atoms with Gasteiger partial charge in [-0.05, 0) is 49.1 Å². The molecule has 2 aliphatic heterocycles. The van der Waals surface area contributed by atoms with Crippen molar-refractivity contribution in [1.29, 1.82) is 0 Å². The number of fused-ring (bicyclic) bond motifs is 1. The Hall–Kier alpha value is -2.60. The fourth-order valence-electron chi connectivity index (χ4n) is 4.03. The first-order valence-electron chi connectivity index (χ1n) is 10.6. The zero-order chi connectivity index (χ0) is 21.1. The molecule has 4 rings (SSSR count). The Balaban J connectivity index is 1.54. The molecule has 0 aromatic heterocycles. The summed E-state index contributed by atoms with van der Waals surface area (Å²) >= 11 is 0. The van der Waals surface area contributed by atoms with Crippen LogP contribution in [-0.2, 0) is 4.74 Å². The summed E-state index contributed by atoms with van der Waals surface area (Å²) in [4.78, 5) is 18.9. The lowest BCUT2D eigenvalue weighted by Crippen LogP contribution is -2.37. The average molecular weight is 413 g/mol. The SMILES string of the molecule is CC(C)CN(Oc1ccc2c(c1)C(=O)CC(C1CCOCC1)O2)c1ccccc1F. The molecule has 0 spiro atoms. The first kappa shape index (κ1) is 20.7. The number of ether oxygens (including phenoxy) is 2. The quantitative estimate of drug-likeness (QED) is 0.621. The van der Waals surface area contributed by atoms with E-state index >= 15 is 0 Å². The Labute approximate surface area is 176 Å². The van der Waals surface area contributed by atoms with E-state index in [1.807, 2.05) is 13.8 Å². The largest absolute Gasteiger partial charge is 0.489 e. The van der Waals surface area contributed by atoms with Crippen molar-refractivity contribution in [1.82, 2.24) is 0 Å². The van der Waals surface area contributed by atoms with Crippen LogP contribution in [0.15, 0.2) is 42.5 Å². The summed E-state index contributed by atoms with van der Waals surface area (Å²) in [7, 11) is 0. The van der Waals surface area contributed by atoms with Gasteiger partial charge in [0.15, 0.2) is 11.5 Å². The Kier molecular flexibility index (Phi) is 6.23. The third-order valence-electron chi connectivity index (χ3n) is 5.58. The van der Waals surface area contributed by atoms with Gasteiger partial charge in [-0.2, -0.15) is 0 Å². The van der Waals surface area contributed by atoms with Crippen molar-refractivity contribution in [2.24, 2.45) is 11.8 Å². The lowest BCUT2D eigenvalue weighted by atomic mass is 9.87. The van der Waals surface area contributed by atoms with Crippen molar-refractivity contribution in [2.45, 2.75) is 39.2 Å². The fraction of sp³-hybridized carbons (Fsp3) is 0.458. The molecule has 1 saturated heterocycles. The Bertz CT molecular complexity index is 895. The van der Waals surface area contributed by atoms with Gasteiger partial charge < -0.3 is 14.3 Å². The van der Waals surface area contributed by atoms with Gasteiger partial charge in [0.2, 0.25) is 0 Å². The summed E-state index contributed by atoms with van der Waals surface area (Å²) in [6.45, 7) is 6.03. The Morgan fingerprint density at radius 3 is 2.67 bits per heavy atom. The van der Waals surface area contributed by atoms with Gasteiger partial charge in [0.25, 0.3) is 0 Å². The standard InChI is InChI=1S/C24H28FNO4/c1-16(2)15-26(21-6-4-3-5-20(21)25)30-18-7-8-23-19(13-18)22(27)14-24(29-23)17-9-11-28-12-10-17/h3-8,13,16-17,24H,9-12,14-15H2,1-2H3. The van der Waals surface area contributed by atoms with Crippen LogP contribution in [0.5, 0.6) is 11.5 Å². The number of carbonyl (C=O) groups is 1. The molecule has 0 N–H and O–H groups in total. The number of Topliss-reactive ketones (excluding diaryl/α,β-unsaturated/α-hetero) is 1. The molecule has 30 heavy (non-hydrogen) atoms. The summed E-state index contributed by atoms with van der Waals surface area (Å²) < 4.78 is 25.9. The number of nitrogens with zero attached hydrogens (tertiary/aromatic N) is 1. The number of carbonyl (C=O) groups excluding carboxylic acids is 1. The van der Waals surface area contributed by atoms with Crippen molar-refractivity contribution in [3.05, 3.63) is 53.8 Å². The lowest BCUT2D eigenvalue weighted by molar-refractivity contribution is 0.0119. The number of hydroxylamine groups is 1. The smallest absolute Gasteiger partial charge is 0.170 e. The molecule has 2 aromatic rings. The van der Waals surface area contributed by atoms with Gasteiger partial charge in [-0.25, -0.2) is 9.45 Å². The summed E-state index contributed by atoms with van der Waals surface area (Å²) in [6.07, 6.45) is 2.10. The summed E-state index contributed by atoms with van der Waals surface area (Å²) in [5.41, 5.74) is 0.889. The van der Waals surface area contributed by atoms with E-state index in [1.54, 1.807) is 41.5 Å². The molecule has 6 heteroatoms. The normalized spacial score (nSPS) is 19.3. The highest BCUT2D eigenvalue weighted by Gasteiger charge is 2.33. The third kappa shape index (κ3) is 4.59. The molecule has 1 unspecified atom stereocenters. The van der Waals surface area contributed by atoms with Crippen LogP contribution in [0.2, 0.25) is 0 Å². The zero-order valence-electron chi connectivity index (χ0n) is 17.5. The predicted octanol–water partition coefficient (Wildman–Crippen LogP) is 5.04. The molecule has 0 radical (unpaired) electrons. The van der Waals surface area contributed by atoms with Crippen molar-refractivity contribution >= 4 is 11.5 Å². The second kappa shape index (κ2) is 9.04. The van der Waals surface area contributed by atoms with Crippen molar-refractivity contribution < 1.29 is 23.5 Å². The molecule has 2 heterocycles. The van der Waals surface area contributed by atoms with E-state index in [9.17, 15) is 9.18 Å². The molecule has 0 saturated carbocycles. The minimum absolute atomic E-state index is 0.0551. The van der Waals surface area contributed by atoms with Gasteiger partial charge in [-0.15, -0.1) is 0 Å². The topological polar surface area (TPSA) is 48.0 Å². The van der Waals surface area contributed by atoms with E-state index in [4.69, 9.17) is 14.3 Å². The van der Waals surface area contributed by atoms with Crippen LogP contribution in [-0.4, -0.2) is 31.6 Å². The maximum absolute atomic E-state index is 14.3. The number of anilines is 1. The van der Waals surface area contributed by atoms with Crippen LogP contribution >= 0.6 is 0 Å². The van der Waals surface area contributed by atoms with Gasteiger partial charge in [-0.1, -0.05) is 26.0 Å². The molecular formula is C24H28FNO4. The molecule has 0 amide bonds. The van der Waals surface area contributed by atoms with Gasteiger partial charge in [0.1, 0.15) is 23.4 Å². The molecule has 2 aromatic carbocycles. The molecule has 1 fully saturated rings. The van der Waals surface area contributed by atoms with Crippen molar-refractivity contribution in [3.8, 4) is 11.5 Å². The number of ketones is 1. The average Bonchev–Trinajstić information content (AvgIpc) is 2.74. The zero-order valence-corrected chi connectivity index (χ0v) is 17.5. The van der Waals surface area contributed by atoms with Crippen LogP contribution in [0.4, 0.5) is 10.1 Å². The van der Waals surface area contributed by atoms with E-state index in [1.165, 1.54) is 6.07 Å². The molecule has 0 aliphatic carbocycles. The van der Waals surface area contributed by atoms with E-state index < -0.39 is 0 Å². The highest BCUT2D eigenvalue weighted by Crippen LogP contribution is 2.36. The number of hydrogen-bond donors (Lipinski definition) is 0. The molecule has 2 aliphatic rings. The molecular weight excluding hydrogens is 385 g/mol. The van der Waals surface area contributed by atoms with Gasteiger partial charge >= 0.3 is 0 Å². The van der Waals surface area contributed by atoms with Gasteiger partial charge in [0.05, 0.1) is 12.1 Å². The van der Waals surface area contributed by atoms with E-state index in [0.29, 0.717) is 41.6 Å². The number of halogens is 1. The van der Waals surface area contributed by atoms with E-state index in [2.05, 4.69) is 0 Å². The third-order valence-corrected chi connectivity index (χ3v) is 5.58. The van der Waals surface area contributed by atoms with Crippen LogP contribution in [0.3, 0.4) is 0 Å². The number of hydrogen-bond acceptors (Lipinski definition) is 5. The Morgan fingerprint density at radius 2 is 1.93 bits per heavy atom. The van der Waals surface area contributed by atoms with Crippen molar-refractivity contribution in [3.63, 3.8) is 0 Å². The van der Waals surface area contributed by atoms with Crippen LogP contribution in [0.1, 0.15) is 43.5 Å². The summed E-state index contributed by atoms with van der Waals surface area (Å²) in [6, 6.07) is 11.8. The van der Waals surface area contributed by atoms with Crippen LogP contribution < -0.4 is 14.6 Å². The second-order valence-corrected chi connectivity index (χ2v) is 8.39. The number of para-hydroxylation sites is 1. The minimum Gasteiger partial charge on any atom is -0.489 e. The Morgan fingerprint density at radius 1 is 1.17 bits per heavy atom. The second-order valence-electron chi connectivity index (χ2n) is 8.39. The maximum atomic E-state index is 14.3. The summed E-state index contributed by atoms with van der Waals surface area (Å²) in [5, 5.41) is 1.54. The number of rotatable bonds is 6. The van der Waals surface area contributed by atoms with E-state index in [0.717, 1.165) is 26.1 Å². The van der Waals surface area contributed by atoms with Crippen LogP contribution in [0, 0.1) is 17.7 Å². The summed E-state index contributed by atoms with van der Waals surface area (Å²) in [5.74, 6) is 1.38. The fourth-order valence-corrected chi connectivity index (χ4v) is 4.03. The molecule has 5 nitrogen and oxygen atoms in total. The monoisotopic (exact) mass is 413 g/mol. The predicted molar refractivity (Wildman–Crippen MR) is 113 cm³/mol. The maximum Gasteiger partial charge on any atom is 0.170 e. The van der Waals surface area contributed by atoms with Crippen LogP contribution in [0.25, 0.3) is 0 Å². The van der Waals surface area contributed by atoms with Gasteiger partial charge in [0, 0.05) is 25.6 Å². The van der Waals surface area contributed by atoms with Gasteiger partial charge in [-0.3, -0.25) is 4.79 Å². The molecule has 160 valence electrons. The number of benzene rings is 2. The highest BCUT2D eigenvalue weighted by molar-refractivity contribution is 6.00. The molecule has 0 bridgehead atoms. The first-order valence-corrected chi connectivity index (χ1v) is 10.6. The highest BCUT2D eigenvalue weighted by atomic mass is 19.1. The minimum atomic E-state index is -0.352. The first-order chi connectivity index (χ1) is 14.5. The van der Waals surface area contributed by atoms with E-state index in [-0.39, 0.29) is 23.6 Å². The molecule has 1 atom stereocenters. The lowest BCUT2D eigenvalue weighted by Gasteiger charge is -2.34. The van der Waals surface area contributed by atoms with Crippen molar-refractivity contribution in [2.75, 3.05) is 24.8 Å².